The minimum absolute atomic E-state index is 0.00475. The molecule has 0 bridgehead atoms. The van der Waals surface area contributed by atoms with Gasteiger partial charge in [-0.05, 0) is 36.1 Å². The lowest BCUT2D eigenvalue weighted by Gasteiger charge is -2.31. The van der Waals surface area contributed by atoms with Crippen LogP contribution in [0, 0.1) is 0 Å². The highest BCUT2D eigenvalue weighted by molar-refractivity contribution is 7.92. The van der Waals surface area contributed by atoms with Gasteiger partial charge in [-0.3, -0.25) is 9.59 Å². The van der Waals surface area contributed by atoms with Crippen LogP contribution in [0.4, 0.5) is 4.79 Å². The number of benzene rings is 2. The van der Waals surface area contributed by atoms with Crippen molar-refractivity contribution in [2.24, 2.45) is 0 Å². The van der Waals surface area contributed by atoms with E-state index in [-0.39, 0.29) is 19.1 Å². The van der Waals surface area contributed by atoms with E-state index in [9.17, 15) is 27.9 Å². The first kappa shape index (κ1) is 26.2. The van der Waals surface area contributed by atoms with Crippen LogP contribution < -0.4 is 5.32 Å². The Balaban J connectivity index is 1.69. The van der Waals surface area contributed by atoms with Crippen molar-refractivity contribution in [1.29, 1.82) is 0 Å². The lowest BCUT2D eigenvalue weighted by molar-refractivity contribution is -0.142. The van der Waals surface area contributed by atoms with E-state index in [0.717, 1.165) is 33.4 Å². The summed E-state index contributed by atoms with van der Waals surface area (Å²) in [5.41, 5.74) is 4.15. The van der Waals surface area contributed by atoms with Gasteiger partial charge in [-0.2, -0.15) is 0 Å². The van der Waals surface area contributed by atoms with Crippen molar-refractivity contribution in [1.82, 2.24) is 10.2 Å². The van der Waals surface area contributed by atoms with Crippen LogP contribution in [0.15, 0.2) is 48.5 Å². The Morgan fingerprint density at radius 3 is 2.06 bits per heavy atom. The van der Waals surface area contributed by atoms with Crippen molar-refractivity contribution in [2.45, 2.75) is 37.0 Å². The van der Waals surface area contributed by atoms with Gasteiger partial charge < -0.3 is 20.1 Å². The van der Waals surface area contributed by atoms with Crippen LogP contribution in [0.2, 0.25) is 0 Å². The average Bonchev–Trinajstić information content (AvgIpc) is 3.09. The zero-order chi connectivity index (χ0) is 26.0. The van der Waals surface area contributed by atoms with Crippen LogP contribution in [0.25, 0.3) is 11.1 Å². The summed E-state index contributed by atoms with van der Waals surface area (Å²) in [4.78, 5) is 38.0. The molecule has 35 heavy (non-hydrogen) atoms. The second-order valence-electron chi connectivity index (χ2n) is 9.35. The zero-order valence-electron chi connectivity index (χ0n) is 20.1. The van der Waals surface area contributed by atoms with Crippen molar-refractivity contribution >= 4 is 27.8 Å². The molecule has 0 aliphatic heterocycles. The summed E-state index contributed by atoms with van der Waals surface area (Å²) in [5.74, 6) is -2.21. The van der Waals surface area contributed by atoms with E-state index in [0.29, 0.717) is 0 Å². The first-order valence-electron chi connectivity index (χ1n) is 11.1. The minimum atomic E-state index is -3.49. The maximum absolute atomic E-state index is 12.9. The second kappa shape index (κ2) is 10.1. The SMILES string of the molecule is CN(CC(C)(C)S(C)(=O)=O)C(=O)C(CC(=O)O)NC(=O)OCC1c2ccccc2-c2ccccc21. The standard InChI is InChI=1S/C25H30N2O7S/c1-25(2,35(4,32)33)15-27(3)23(30)21(13-22(28)29)26-24(31)34-14-20-18-11-7-5-9-16(18)17-10-6-8-12-19(17)20/h5-12,20-21H,13-15H2,1-4H3,(H,26,31)(H,28,29). The van der Waals surface area contributed by atoms with Crippen molar-refractivity contribution < 1.29 is 32.6 Å². The lowest BCUT2D eigenvalue weighted by Crippen LogP contribution is -2.52. The van der Waals surface area contributed by atoms with Crippen LogP contribution in [0.1, 0.15) is 37.3 Å². The van der Waals surface area contributed by atoms with Crippen LogP contribution in [0.5, 0.6) is 0 Å². The fraction of sp³-hybridized carbons (Fsp3) is 0.400. The van der Waals surface area contributed by atoms with Gasteiger partial charge in [0.05, 0.1) is 11.2 Å². The largest absolute Gasteiger partial charge is 0.481 e. The quantitative estimate of drug-likeness (QED) is 0.539. The Kier molecular flexibility index (Phi) is 7.54. The van der Waals surface area contributed by atoms with Crippen LogP contribution >= 0.6 is 0 Å². The zero-order valence-corrected chi connectivity index (χ0v) is 21.0. The van der Waals surface area contributed by atoms with Gasteiger partial charge in [-0.1, -0.05) is 48.5 Å². The van der Waals surface area contributed by atoms with Gasteiger partial charge in [0.2, 0.25) is 5.91 Å². The Morgan fingerprint density at radius 1 is 1.06 bits per heavy atom. The van der Waals surface area contributed by atoms with Gasteiger partial charge in [-0.15, -0.1) is 0 Å². The number of carbonyl (C=O) groups is 3. The number of alkyl carbamates (subject to hydrolysis) is 1. The van der Waals surface area contributed by atoms with Gasteiger partial charge in [-0.25, -0.2) is 13.2 Å². The third-order valence-electron chi connectivity index (χ3n) is 6.31. The van der Waals surface area contributed by atoms with Gasteiger partial charge in [0, 0.05) is 25.8 Å². The molecule has 188 valence electrons. The maximum Gasteiger partial charge on any atom is 0.407 e. The van der Waals surface area contributed by atoms with Crippen molar-refractivity contribution in [3.05, 3.63) is 59.7 Å². The van der Waals surface area contributed by atoms with Crippen molar-refractivity contribution in [3.8, 4) is 11.1 Å². The van der Waals surface area contributed by atoms with Crippen LogP contribution in [0.3, 0.4) is 0 Å². The molecule has 1 aliphatic carbocycles. The number of hydrogen-bond donors (Lipinski definition) is 2. The Morgan fingerprint density at radius 2 is 1.57 bits per heavy atom. The smallest absolute Gasteiger partial charge is 0.407 e. The Bertz CT molecular complexity index is 1190. The molecule has 0 radical (unpaired) electrons. The lowest BCUT2D eigenvalue weighted by atomic mass is 9.98. The molecule has 1 aliphatic rings. The number of amides is 2. The first-order valence-corrected chi connectivity index (χ1v) is 13.0. The van der Waals surface area contributed by atoms with Gasteiger partial charge in [0.1, 0.15) is 12.6 Å². The molecule has 1 unspecified atom stereocenters. The summed E-state index contributed by atoms with van der Waals surface area (Å²) in [6.45, 7) is 2.77. The number of aliphatic carboxylic acids is 1. The third-order valence-corrected chi connectivity index (χ3v) is 8.45. The van der Waals surface area contributed by atoms with E-state index in [1.54, 1.807) is 0 Å². The number of carbonyl (C=O) groups excluding carboxylic acids is 2. The van der Waals surface area contributed by atoms with E-state index in [4.69, 9.17) is 4.74 Å². The maximum atomic E-state index is 12.9. The monoisotopic (exact) mass is 502 g/mol. The molecule has 2 amide bonds. The molecule has 2 aromatic rings. The molecule has 0 saturated heterocycles. The summed E-state index contributed by atoms with van der Waals surface area (Å²) in [6, 6.07) is 14.2. The third kappa shape index (κ3) is 5.82. The number of hydrogen-bond acceptors (Lipinski definition) is 6. The number of nitrogens with one attached hydrogen (secondary N) is 1. The van der Waals surface area contributed by atoms with Crippen molar-refractivity contribution in [2.75, 3.05) is 26.5 Å². The predicted octanol–water partition coefficient (Wildman–Crippen LogP) is 2.65. The summed E-state index contributed by atoms with van der Waals surface area (Å²) in [7, 11) is -2.13. The topological polar surface area (TPSA) is 130 Å². The molecular weight excluding hydrogens is 472 g/mol. The molecule has 1 atom stereocenters. The van der Waals surface area contributed by atoms with Gasteiger partial charge in [0.25, 0.3) is 0 Å². The number of rotatable bonds is 9. The molecule has 10 heteroatoms. The Labute approximate surface area is 205 Å². The van der Waals surface area contributed by atoms with E-state index in [1.165, 1.54) is 20.9 Å². The van der Waals surface area contributed by atoms with E-state index >= 15 is 0 Å². The summed E-state index contributed by atoms with van der Waals surface area (Å²) in [6.07, 6.45) is -0.538. The molecule has 0 fully saturated rings. The number of fused-ring (bicyclic) bond motifs is 3. The molecular formula is C25H30N2O7S. The average molecular weight is 503 g/mol. The normalized spacial score (nSPS) is 13.9. The molecule has 3 rings (SSSR count). The molecule has 2 aromatic carbocycles. The van der Waals surface area contributed by atoms with Crippen LogP contribution in [-0.2, 0) is 24.2 Å². The van der Waals surface area contributed by atoms with E-state index in [2.05, 4.69) is 5.32 Å². The fourth-order valence-electron chi connectivity index (χ4n) is 4.19. The molecule has 0 spiro atoms. The van der Waals surface area contributed by atoms with E-state index < -0.39 is 45.0 Å². The molecule has 0 aromatic heterocycles. The minimum Gasteiger partial charge on any atom is -0.481 e. The van der Waals surface area contributed by atoms with Crippen molar-refractivity contribution in [3.63, 3.8) is 0 Å². The van der Waals surface area contributed by atoms with E-state index in [1.807, 2.05) is 48.5 Å². The number of likely N-dealkylation sites (N-methyl/N-ethyl adjacent to an activating group) is 1. The molecule has 0 saturated carbocycles. The molecule has 9 nitrogen and oxygen atoms in total. The highest BCUT2D eigenvalue weighted by Crippen LogP contribution is 2.44. The number of nitrogens with zero attached hydrogens (tertiary/aromatic N) is 1. The number of ether oxygens (including phenoxy) is 1. The fourth-order valence-corrected chi connectivity index (χ4v) is 4.62. The summed E-state index contributed by atoms with van der Waals surface area (Å²) in [5, 5.41) is 11.6. The molecule has 2 N–H and O–H groups in total. The first-order chi connectivity index (χ1) is 16.3. The van der Waals surface area contributed by atoms with Crippen LogP contribution in [-0.4, -0.2) is 73.6 Å². The highest BCUT2D eigenvalue weighted by atomic mass is 32.2. The molecule has 0 heterocycles. The van der Waals surface area contributed by atoms with Gasteiger partial charge >= 0.3 is 12.1 Å². The highest BCUT2D eigenvalue weighted by Gasteiger charge is 2.36. The summed E-state index contributed by atoms with van der Waals surface area (Å²) >= 11 is 0. The number of sulfone groups is 1. The number of carboxylic acids is 1. The van der Waals surface area contributed by atoms with Gasteiger partial charge in [0.15, 0.2) is 9.84 Å². The Hall–Kier alpha value is -3.40. The predicted molar refractivity (Wildman–Crippen MR) is 131 cm³/mol. The number of carboxylic acid groups (broad SMARTS) is 1. The second-order valence-corrected chi connectivity index (χ2v) is 12.0. The summed E-state index contributed by atoms with van der Waals surface area (Å²) < 4.78 is 28.2.